The number of nitrogens with zero attached hydrogens (tertiary/aromatic N) is 4. The molecule has 0 saturated heterocycles. The van der Waals surface area contributed by atoms with E-state index in [1.165, 1.54) is 25.5 Å². The van der Waals surface area contributed by atoms with Gasteiger partial charge in [-0.15, -0.1) is 0 Å². The van der Waals surface area contributed by atoms with Gasteiger partial charge in [0.1, 0.15) is 5.69 Å². The molecule has 11 heteroatoms. The maximum atomic E-state index is 12.7. The molecule has 1 N–H and O–H groups in total. The second kappa shape index (κ2) is 8.52. The van der Waals surface area contributed by atoms with Crippen LogP contribution in [0.2, 0.25) is 0 Å². The molecule has 0 saturated carbocycles. The van der Waals surface area contributed by atoms with Crippen LogP contribution in [0.3, 0.4) is 0 Å². The molecular formula is C18H23N5O5S. The van der Waals surface area contributed by atoms with Crippen molar-refractivity contribution in [1.82, 2.24) is 14.9 Å². The molecule has 0 spiro atoms. The molecule has 1 aromatic carbocycles. The van der Waals surface area contributed by atoms with Crippen molar-refractivity contribution < 1.29 is 14.4 Å². The lowest BCUT2D eigenvalue weighted by molar-refractivity contribution is -0.386. The fourth-order valence-electron chi connectivity index (χ4n) is 2.43. The molecule has 10 nitrogen and oxygen atoms in total. The van der Waals surface area contributed by atoms with Crippen molar-refractivity contribution >= 4 is 24.1 Å². The zero-order valence-electron chi connectivity index (χ0n) is 17.0. The Bertz CT molecular complexity index is 1070. The number of hydrogen-bond acceptors (Lipinski definition) is 8. The van der Waals surface area contributed by atoms with Crippen molar-refractivity contribution in [3.05, 3.63) is 48.6 Å². The highest BCUT2D eigenvalue weighted by Crippen LogP contribution is 2.38. The molecular weight excluding hydrogens is 398 g/mol. The van der Waals surface area contributed by atoms with Gasteiger partial charge in [0.15, 0.2) is 5.75 Å². The monoisotopic (exact) mass is 421 g/mol. The van der Waals surface area contributed by atoms with Gasteiger partial charge in [0.05, 0.1) is 24.4 Å². The first kappa shape index (κ1) is 22.2. The summed E-state index contributed by atoms with van der Waals surface area (Å²) in [6.07, 6.45) is 0.998. The Morgan fingerprint density at radius 3 is 2.55 bits per heavy atom. The number of benzene rings is 1. The molecule has 0 aliphatic heterocycles. The lowest BCUT2D eigenvalue weighted by Gasteiger charge is -2.16. The van der Waals surface area contributed by atoms with Gasteiger partial charge in [-0.1, -0.05) is 20.8 Å². The van der Waals surface area contributed by atoms with Gasteiger partial charge in [0.25, 0.3) is 5.56 Å². The molecule has 0 unspecified atom stereocenters. The molecule has 0 aliphatic rings. The number of aromatic nitrogens is 3. The lowest BCUT2D eigenvalue weighted by atomic mass is 9.93. The summed E-state index contributed by atoms with van der Waals surface area (Å²) in [6.45, 7) is 9.02. The molecule has 156 valence electrons. The van der Waals surface area contributed by atoms with Gasteiger partial charge in [-0.05, 0) is 32.1 Å². The number of rotatable bonds is 6. The van der Waals surface area contributed by atoms with Crippen LogP contribution in [0.1, 0.15) is 45.9 Å². The number of ether oxygens (including phenoxy) is 2. The maximum absolute atomic E-state index is 12.7. The van der Waals surface area contributed by atoms with Crippen LogP contribution >= 0.6 is 12.2 Å². The number of hydrogen-bond donors (Lipinski definition) is 1. The van der Waals surface area contributed by atoms with E-state index >= 15 is 0 Å². The van der Waals surface area contributed by atoms with Crippen molar-refractivity contribution in [2.75, 3.05) is 7.11 Å². The first-order chi connectivity index (χ1) is 13.5. The number of methoxy groups -OCH3 is 1. The Balaban J connectivity index is 2.60. The Kier molecular flexibility index (Phi) is 6.52. The lowest BCUT2D eigenvalue weighted by Crippen LogP contribution is -2.32. The third-order valence-electron chi connectivity index (χ3n) is 3.71. The van der Waals surface area contributed by atoms with Crippen LogP contribution in [0.4, 0.5) is 5.69 Å². The standard InChI is InChI=1S/C18H23N5O5S/c1-10(2)28-14-12(23(25)26)7-11(8-13(14)27-6)9-19-22-16(24)15(18(3,4)5)20-21-17(22)29/h7-10H,1-6H3,(H,21,29)/b19-9-. The molecule has 1 aromatic heterocycles. The SMILES string of the molecule is COc1cc(/C=N\n2c(=S)[nH]nc(C(C)(C)C)c2=O)cc([N+](=O)[O-])c1OC(C)C. The Labute approximate surface area is 172 Å². The summed E-state index contributed by atoms with van der Waals surface area (Å²) in [7, 11) is 1.38. The van der Waals surface area contributed by atoms with Gasteiger partial charge in [-0.2, -0.15) is 14.9 Å². The Hall–Kier alpha value is -3.08. The topological polar surface area (TPSA) is 125 Å². The summed E-state index contributed by atoms with van der Waals surface area (Å²) in [5.74, 6) is 0.204. The average molecular weight is 421 g/mol. The third kappa shape index (κ3) is 5.05. The fourth-order valence-corrected chi connectivity index (χ4v) is 2.61. The summed E-state index contributed by atoms with van der Waals surface area (Å²) in [4.78, 5) is 23.6. The molecule has 29 heavy (non-hydrogen) atoms. The van der Waals surface area contributed by atoms with E-state index in [9.17, 15) is 14.9 Å². The summed E-state index contributed by atoms with van der Waals surface area (Å²) in [5, 5.41) is 22.2. The van der Waals surface area contributed by atoms with Crippen molar-refractivity contribution in [3.8, 4) is 11.5 Å². The first-order valence-corrected chi connectivity index (χ1v) is 9.16. The van der Waals surface area contributed by atoms with Crippen LogP contribution in [0.25, 0.3) is 0 Å². The second-order valence-corrected chi connectivity index (χ2v) is 7.87. The minimum absolute atomic E-state index is 0.000441. The highest BCUT2D eigenvalue weighted by molar-refractivity contribution is 7.71. The van der Waals surface area contributed by atoms with Gasteiger partial charge in [-0.3, -0.25) is 20.0 Å². The van der Waals surface area contributed by atoms with Gasteiger partial charge >= 0.3 is 5.69 Å². The zero-order chi connectivity index (χ0) is 21.9. The largest absolute Gasteiger partial charge is 0.493 e. The minimum Gasteiger partial charge on any atom is -0.493 e. The summed E-state index contributed by atoms with van der Waals surface area (Å²) >= 11 is 5.10. The molecule has 0 atom stereocenters. The minimum atomic E-state index is -0.569. The molecule has 0 amide bonds. The predicted octanol–water partition coefficient (Wildman–Crippen LogP) is 3.18. The highest BCUT2D eigenvalue weighted by atomic mass is 32.1. The van der Waals surface area contributed by atoms with Crippen LogP contribution < -0.4 is 15.0 Å². The Morgan fingerprint density at radius 1 is 1.38 bits per heavy atom. The molecule has 2 aromatic rings. The van der Waals surface area contributed by atoms with E-state index in [0.29, 0.717) is 5.56 Å². The van der Waals surface area contributed by atoms with Crippen LogP contribution in [0.15, 0.2) is 22.0 Å². The number of nitrogens with one attached hydrogen (secondary N) is 1. The van der Waals surface area contributed by atoms with Crippen molar-refractivity contribution in [3.63, 3.8) is 0 Å². The van der Waals surface area contributed by atoms with E-state index in [2.05, 4.69) is 15.3 Å². The molecule has 0 bridgehead atoms. The maximum Gasteiger partial charge on any atom is 0.315 e. The zero-order valence-corrected chi connectivity index (χ0v) is 17.9. The summed E-state index contributed by atoms with van der Waals surface area (Å²) in [6, 6.07) is 2.81. The van der Waals surface area contributed by atoms with Gasteiger partial charge in [0, 0.05) is 17.0 Å². The molecule has 0 fully saturated rings. The van der Waals surface area contributed by atoms with E-state index in [1.54, 1.807) is 13.8 Å². The Morgan fingerprint density at radius 2 is 2.03 bits per heavy atom. The smallest absolute Gasteiger partial charge is 0.315 e. The first-order valence-electron chi connectivity index (χ1n) is 8.75. The van der Waals surface area contributed by atoms with E-state index in [0.717, 1.165) is 4.68 Å². The van der Waals surface area contributed by atoms with Crippen molar-refractivity contribution in [2.45, 2.75) is 46.1 Å². The predicted molar refractivity (Wildman–Crippen MR) is 111 cm³/mol. The molecule has 0 radical (unpaired) electrons. The number of nitro benzene ring substituents is 1. The summed E-state index contributed by atoms with van der Waals surface area (Å²) in [5.41, 5.74) is -0.681. The normalized spacial score (nSPS) is 11.8. The molecule has 2 rings (SSSR count). The van der Waals surface area contributed by atoms with Gasteiger partial charge in [-0.25, -0.2) is 0 Å². The third-order valence-corrected chi connectivity index (χ3v) is 3.98. The van der Waals surface area contributed by atoms with E-state index in [4.69, 9.17) is 21.7 Å². The number of H-pyrrole nitrogens is 1. The van der Waals surface area contributed by atoms with E-state index in [1.807, 2.05) is 20.8 Å². The quantitative estimate of drug-likeness (QED) is 0.329. The van der Waals surface area contributed by atoms with Crippen LogP contribution in [-0.4, -0.2) is 39.2 Å². The van der Waals surface area contributed by atoms with Crippen LogP contribution in [-0.2, 0) is 5.41 Å². The average Bonchev–Trinajstić information content (AvgIpc) is 2.60. The van der Waals surface area contributed by atoms with Crippen LogP contribution in [0.5, 0.6) is 11.5 Å². The van der Waals surface area contributed by atoms with E-state index < -0.39 is 15.9 Å². The second-order valence-electron chi connectivity index (χ2n) is 7.48. The van der Waals surface area contributed by atoms with Gasteiger partial charge in [0.2, 0.25) is 10.5 Å². The van der Waals surface area contributed by atoms with Gasteiger partial charge < -0.3 is 9.47 Å². The van der Waals surface area contributed by atoms with Crippen LogP contribution in [0, 0.1) is 14.9 Å². The number of aromatic amines is 1. The molecule has 1 heterocycles. The summed E-state index contributed by atoms with van der Waals surface area (Å²) < 4.78 is 11.8. The molecule has 0 aliphatic carbocycles. The highest BCUT2D eigenvalue weighted by Gasteiger charge is 2.24. The van der Waals surface area contributed by atoms with Crippen molar-refractivity contribution in [2.24, 2.45) is 5.10 Å². The van der Waals surface area contributed by atoms with E-state index in [-0.39, 0.29) is 33.8 Å². The van der Waals surface area contributed by atoms with Crippen molar-refractivity contribution in [1.29, 1.82) is 0 Å². The fraction of sp³-hybridized carbons (Fsp3) is 0.444. The number of nitro groups is 1.